The van der Waals surface area contributed by atoms with Gasteiger partial charge in [-0.1, -0.05) is 18.2 Å². The van der Waals surface area contributed by atoms with Gasteiger partial charge in [0.05, 0.1) is 6.61 Å². The predicted molar refractivity (Wildman–Crippen MR) is 83.4 cm³/mol. The number of para-hydroxylation sites is 1. The van der Waals surface area contributed by atoms with Crippen molar-refractivity contribution in [2.45, 2.75) is 38.6 Å². The minimum atomic E-state index is -0.861. The van der Waals surface area contributed by atoms with Crippen molar-refractivity contribution in [1.82, 2.24) is 16.2 Å². The third-order valence-corrected chi connectivity index (χ3v) is 3.33. The average molecular weight is 319 g/mol. The van der Waals surface area contributed by atoms with Crippen LogP contribution in [0.4, 0.5) is 0 Å². The van der Waals surface area contributed by atoms with Crippen molar-refractivity contribution in [3.8, 4) is 5.75 Å². The molecule has 7 heteroatoms. The van der Waals surface area contributed by atoms with E-state index in [4.69, 9.17) is 4.74 Å². The van der Waals surface area contributed by atoms with Gasteiger partial charge in [0.1, 0.15) is 5.75 Å². The Labute approximate surface area is 134 Å². The smallest absolute Gasteiger partial charge is 0.327 e. The lowest BCUT2D eigenvalue weighted by Gasteiger charge is -2.10. The Morgan fingerprint density at radius 1 is 1.13 bits per heavy atom. The van der Waals surface area contributed by atoms with Gasteiger partial charge in [-0.15, -0.1) is 0 Å². The van der Waals surface area contributed by atoms with Crippen molar-refractivity contribution in [1.29, 1.82) is 0 Å². The summed E-state index contributed by atoms with van der Waals surface area (Å²) in [5.74, 6) is -1.21. The third kappa shape index (κ3) is 5.61. The van der Waals surface area contributed by atoms with Crippen LogP contribution in [0, 0.1) is 0 Å². The van der Waals surface area contributed by atoms with E-state index in [0.717, 1.165) is 24.2 Å². The molecule has 0 unspecified atom stereocenters. The second-order valence-corrected chi connectivity index (χ2v) is 5.29. The van der Waals surface area contributed by atoms with E-state index in [1.54, 1.807) is 0 Å². The van der Waals surface area contributed by atoms with E-state index < -0.39 is 11.8 Å². The zero-order chi connectivity index (χ0) is 16.7. The topological polar surface area (TPSA) is 96.5 Å². The number of rotatable bonds is 6. The van der Waals surface area contributed by atoms with Crippen molar-refractivity contribution >= 4 is 17.7 Å². The van der Waals surface area contributed by atoms with Crippen LogP contribution in [0.2, 0.25) is 0 Å². The molecule has 1 aromatic carbocycles. The molecule has 0 aliphatic heterocycles. The number of aryl methyl sites for hydroxylation is 1. The van der Waals surface area contributed by atoms with Gasteiger partial charge in [0.15, 0.2) is 0 Å². The zero-order valence-corrected chi connectivity index (χ0v) is 13.1. The molecule has 1 aliphatic rings. The van der Waals surface area contributed by atoms with E-state index >= 15 is 0 Å². The number of carbonyl (C=O) groups excluding carboxylic acids is 3. The Bertz CT molecular complexity index is 584. The van der Waals surface area contributed by atoms with Crippen LogP contribution in [0.3, 0.4) is 0 Å². The van der Waals surface area contributed by atoms with Gasteiger partial charge in [0.25, 0.3) is 0 Å². The Balaban J connectivity index is 1.72. The molecule has 7 nitrogen and oxygen atoms in total. The lowest BCUT2D eigenvalue weighted by molar-refractivity contribution is -0.141. The highest BCUT2D eigenvalue weighted by molar-refractivity contribution is 6.35. The van der Waals surface area contributed by atoms with Gasteiger partial charge in [-0.3, -0.25) is 25.2 Å². The number of hydrogen-bond acceptors (Lipinski definition) is 4. The number of ether oxygens (including phenoxy) is 1. The van der Waals surface area contributed by atoms with Crippen LogP contribution in [-0.2, 0) is 20.8 Å². The number of nitrogens with one attached hydrogen (secondary N) is 3. The average Bonchev–Trinajstić information content (AvgIpc) is 3.36. The van der Waals surface area contributed by atoms with Crippen molar-refractivity contribution in [2.75, 3.05) is 6.61 Å². The van der Waals surface area contributed by atoms with Crippen LogP contribution >= 0.6 is 0 Å². The lowest BCUT2D eigenvalue weighted by Crippen LogP contribution is -2.49. The van der Waals surface area contributed by atoms with E-state index in [-0.39, 0.29) is 18.4 Å². The highest BCUT2D eigenvalue weighted by Crippen LogP contribution is 2.19. The van der Waals surface area contributed by atoms with Crippen molar-refractivity contribution < 1.29 is 19.1 Å². The van der Waals surface area contributed by atoms with Crippen LogP contribution in [0.1, 0.15) is 31.7 Å². The number of amides is 3. The first-order valence-corrected chi connectivity index (χ1v) is 7.70. The van der Waals surface area contributed by atoms with E-state index in [0.29, 0.717) is 13.0 Å². The molecule has 0 atom stereocenters. The maximum atomic E-state index is 11.7. The minimum absolute atomic E-state index is 0.0963. The van der Waals surface area contributed by atoms with Gasteiger partial charge >= 0.3 is 11.8 Å². The van der Waals surface area contributed by atoms with Crippen LogP contribution in [0.5, 0.6) is 5.75 Å². The van der Waals surface area contributed by atoms with Gasteiger partial charge in [-0.25, -0.2) is 0 Å². The Hall–Kier alpha value is -2.57. The molecule has 0 heterocycles. The molecule has 1 saturated carbocycles. The summed E-state index contributed by atoms with van der Waals surface area (Å²) in [7, 11) is 0. The largest absolute Gasteiger partial charge is 0.494 e. The molecule has 1 fully saturated rings. The van der Waals surface area contributed by atoms with Crippen molar-refractivity contribution in [3.05, 3.63) is 29.8 Å². The van der Waals surface area contributed by atoms with Gasteiger partial charge in [0, 0.05) is 12.5 Å². The molecule has 2 rings (SSSR count). The molecule has 0 radical (unpaired) electrons. The summed E-state index contributed by atoms with van der Waals surface area (Å²) in [4.78, 5) is 34.6. The fourth-order valence-corrected chi connectivity index (χ4v) is 1.98. The third-order valence-electron chi connectivity index (χ3n) is 3.33. The second kappa shape index (κ2) is 8.17. The van der Waals surface area contributed by atoms with Crippen molar-refractivity contribution in [2.24, 2.45) is 0 Å². The van der Waals surface area contributed by atoms with Crippen LogP contribution < -0.4 is 20.9 Å². The predicted octanol–water partition coefficient (Wildman–Crippen LogP) is 0.444. The second-order valence-electron chi connectivity index (χ2n) is 5.29. The number of benzene rings is 1. The standard InChI is InChI=1S/C16H21N3O4/c1-2-23-13-6-4-3-5-11(13)7-10-14(20)18-19-16(22)15(21)17-12-8-9-12/h3-6,12H,2,7-10H2,1H3,(H,17,21)(H,18,20)(H,19,22). The Morgan fingerprint density at radius 2 is 1.87 bits per heavy atom. The van der Waals surface area contributed by atoms with Gasteiger partial charge in [0.2, 0.25) is 5.91 Å². The zero-order valence-electron chi connectivity index (χ0n) is 13.1. The number of carbonyl (C=O) groups is 3. The van der Waals surface area contributed by atoms with Gasteiger partial charge in [-0.05, 0) is 37.8 Å². The fraction of sp³-hybridized carbons (Fsp3) is 0.438. The summed E-state index contributed by atoms with van der Waals surface area (Å²) in [5, 5.41) is 2.54. The monoisotopic (exact) mass is 319 g/mol. The van der Waals surface area contributed by atoms with Crippen LogP contribution in [0.25, 0.3) is 0 Å². The molecule has 23 heavy (non-hydrogen) atoms. The number of hydrazine groups is 1. The summed E-state index contributed by atoms with van der Waals surface area (Å²) in [6, 6.07) is 7.58. The summed E-state index contributed by atoms with van der Waals surface area (Å²) < 4.78 is 5.49. The normalized spacial score (nSPS) is 13.1. The first-order valence-electron chi connectivity index (χ1n) is 7.70. The molecule has 1 aliphatic carbocycles. The molecule has 124 valence electrons. The van der Waals surface area contributed by atoms with E-state index in [9.17, 15) is 14.4 Å². The molecule has 0 aromatic heterocycles. The highest BCUT2D eigenvalue weighted by atomic mass is 16.5. The summed E-state index contributed by atoms with van der Waals surface area (Å²) in [6.07, 6.45) is 2.44. The first kappa shape index (κ1) is 16.8. The Kier molecular flexibility index (Phi) is 5.96. The SMILES string of the molecule is CCOc1ccccc1CCC(=O)NNC(=O)C(=O)NC1CC1. The van der Waals surface area contributed by atoms with E-state index in [1.165, 1.54) is 0 Å². The molecule has 0 saturated heterocycles. The lowest BCUT2D eigenvalue weighted by atomic mass is 10.1. The van der Waals surface area contributed by atoms with E-state index in [2.05, 4.69) is 16.2 Å². The van der Waals surface area contributed by atoms with Crippen LogP contribution in [-0.4, -0.2) is 30.4 Å². The minimum Gasteiger partial charge on any atom is -0.494 e. The van der Waals surface area contributed by atoms with E-state index in [1.807, 2.05) is 31.2 Å². The molecular formula is C16H21N3O4. The molecular weight excluding hydrogens is 298 g/mol. The van der Waals surface area contributed by atoms with Crippen LogP contribution in [0.15, 0.2) is 24.3 Å². The molecule has 3 N–H and O–H groups in total. The Morgan fingerprint density at radius 3 is 2.57 bits per heavy atom. The van der Waals surface area contributed by atoms with Gasteiger partial charge in [-0.2, -0.15) is 0 Å². The maximum absolute atomic E-state index is 11.7. The molecule has 3 amide bonds. The molecule has 0 bridgehead atoms. The highest BCUT2D eigenvalue weighted by Gasteiger charge is 2.26. The van der Waals surface area contributed by atoms with Crippen molar-refractivity contribution in [3.63, 3.8) is 0 Å². The summed E-state index contributed by atoms with van der Waals surface area (Å²) in [5.41, 5.74) is 5.27. The fourth-order valence-electron chi connectivity index (χ4n) is 1.98. The maximum Gasteiger partial charge on any atom is 0.327 e. The molecule has 0 spiro atoms. The quantitative estimate of drug-likeness (QED) is 0.524. The summed E-state index contributed by atoms with van der Waals surface area (Å²) in [6.45, 7) is 2.45. The first-order chi connectivity index (χ1) is 11.1. The summed E-state index contributed by atoms with van der Waals surface area (Å²) >= 11 is 0. The van der Waals surface area contributed by atoms with Gasteiger partial charge < -0.3 is 10.1 Å². The molecule has 1 aromatic rings. The number of hydrogen-bond donors (Lipinski definition) is 3.